The van der Waals surface area contributed by atoms with Crippen LogP contribution in [0.2, 0.25) is 0 Å². The molecule has 2 amide bonds. The molecule has 0 bridgehead atoms. The van der Waals surface area contributed by atoms with Crippen LogP contribution in [0.1, 0.15) is 31.1 Å². The first-order valence-electron chi connectivity index (χ1n) is 6.48. The Morgan fingerprint density at radius 3 is 2.18 bits per heavy atom. The van der Waals surface area contributed by atoms with E-state index in [1.807, 2.05) is 5.32 Å². The predicted molar refractivity (Wildman–Crippen MR) is 73.9 cm³/mol. The molecule has 8 heteroatoms. The summed E-state index contributed by atoms with van der Waals surface area (Å²) in [5.41, 5.74) is -3.33. The predicted octanol–water partition coefficient (Wildman–Crippen LogP) is 2.67. The number of hydrogen-bond acceptors (Lipinski definition) is 3. The highest BCUT2D eigenvalue weighted by Crippen LogP contribution is 2.22. The Morgan fingerprint density at radius 1 is 1.27 bits per heavy atom. The number of carbonyl (C=O) groups is 2. The van der Waals surface area contributed by atoms with Gasteiger partial charge in [0.1, 0.15) is 17.2 Å². The first kappa shape index (κ1) is 18.0. The van der Waals surface area contributed by atoms with E-state index in [1.54, 1.807) is 6.92 Å². The minimum atomic E-state index is -2.21. The third-order valence-electron chi connectivity index (χ3n) is 2.66. The van der Waals surface area contributed by atoms with Crippen molar-refractivity contribution in [2.24, 2.45) is 0 Å². The van der Waals surface area contributed by atoms with Crippen LogP contribution in [0.15, 0.2) is 12.1 Å². The van der Waals surface area contributed by atoms with Gasteiger partial charge in [-0.25, -0.2) is 18.2 Å². The van der Waals surface area contributed by atoms with Crippen molar-refractivity contribution in [1.82, 2.24) is 5.06 Å². The third-order valence-corrected chi connectivity index (χ3v) is 2.66. The summed E-state index contributed by atoms with van der Waals surface area (Å²) in [7, 11) is 1.21. The topological polar surface area (TPSA) is 58.6 Å². The number of benzene rings is 1. The molecule has 122 valence electrons. The molecule has 1 aromatic carbocycles. The molecule has 0 spiro atoms. The molecule has 0 aliphatic rings. The first-order chi connectivity index (χ1) is 10.1. The summed E-state index contributed by atoms with van der Waals surface area (Å²) in [5, 5.41) is 2.73. The summed E-state index contributed by atoms with van der Waals surface area (Å²) in [4.78, 5) is 28.1. The molecular weight excluding hydrogens is 301 g/mol. The first-order valence-corrected chi connectivity index (χ1v) is 6.48. The highest BCUT2D eigenvalue weighted by atomic mass is 19.1. The lowest BCUT2D eigenvalue weighted by atomic mass is 10.1. The molecule has 0 unspecified atom stereocenters. The lowest BCUT2D eigenvalue weighted by Gasteiger charge is -2.18. The van der Waals surface area contributed by atoms with E-state index in [0.29, 0.717) is 5.06 Å². The van der Waals surface area contributed by atoms with Crippen LogP contribution in [-0.4, -0.2) is 36.2 Å². The van der Waals surface area contributed by atoms with Gasteiger partial charge in [-0.05, 0) is 32.9 Å². The Bertz CT molecular complexity index is 562. The zero-order chi connectivity index (χ0) is 17.1. The second-order valence-corrected chi connectivity index (χ2v) is 4.96. The standard InChI is InChI=1S/C14H17F3N2O3/c1-5-22-19(4)12(20)11-9(15)6-8(7-10(11)16)18-13(21)14(2,3)17/h6-7H,5H2,1-4H3,(H,18,21). The lowest BCUT2D eigenvalue weighted by Crippen LogP contribution is -2.33. The van der Waals surface area contributed by atoms with Gasteiger partial charge in [-0.15, -0.1) is 0 Å². The molecule has 0 heterocycles. The molecule has 0 radical (unpaired) electrons. The van der Waals surface area contributed by atoms with Gasteiger partial charge in [0.2, 0.25) is 0 Å². The highest BCUT2D eigenvalue weighted by molar-refractivity contribution is 5.98. The van der Waals surface area contributed by atoms with Crippen LogP contribution in [0, 0.1) is 11.6 Å². The molecule has 0 atom stereocenters. The Balaban J connectivity index is 3.07. The molecule has 1 aromatic rings. The molecule has 0 aromatic heterocycles. The highest BCUT2D eigenvalue weighted by Gasteiger charge is 2.28. The zero-order valence-electron chi connectivity index (χ0n) is 12.7. The van der Waals surface area contributed by atoms with Gasteiger partial charge in [-0.1, -0.05) is 0 Å². The minimum Gasteiger partial charge on any atom is -0.323 e. The van der Waals surface area contributed by atoms with Crippen LogP contribution in [-0.2, 0) is 9.63 Å². The number of hydrogen-bond donors (Lipinski definition) is 1. The minimum absolute atomic E-state index is 0.144. The van der Waals surface area contributed by atoms with Crippen molar-refractivity contribution in [2.45, 2.75) is 26.4 Å². The van der Waals surface area contributed by atoms with E-state index < -0.39 is 34.7 Å². The van der Waals surface area contributed by atoms with E-state index in [9.17, 15) is 22.8 Å². The fourth-order valence-corrected chi connectivity index (χ4v) is 1.54. The van der Waals surface area contributed by atoms with Crippen LogP contribution in [0.3, 0.4) is 0 Å². The largest absolute Gasteiger partial charge is 0.323 e. The smallest absolute Gasteiger partial charge is 0.283 e. The van der Waals surface area contributed by atoms with Gasteiger partial charge in [0, 0.05) is 12.7 Å². The van der Waals surface area contributed by atoms with Crippen LogP contribution < -0.4 is 5.32 Å². The zero-order valence-corrected chi connectivity index (χ0v) is 12.7. The number of alkyl halides is 1. The lowest BCUT2D eigenvalue weighted by molar-refractivity contribution is -0.125. The molecular formula is C14H17F3N2O3. The van der Waals surface area contributed by atoms with Crippen LogP contribution >= 0.6 is 0 Å². The maximum absolute atomic E-state index is 13.9. The summed E-state index contributed by atoms with van der Waals surface area (Å²) in [5.74, 6) is -4.45. The van der Waals surface area contributed by atoms with Crippen molar-refractivity contribution >= 4 is 17.5 Å². The molecule has 1 rings (SSSR count). The molecule has 0 saturated heterocycles. The monoisotopic (exact) mass is 318 g/mol. The number of rotatable bonds is 5. The number of nitrogens with zero attached hydrogens (tertiary/aromatic N) is 1. The van der Waals surface area contributed by atoms with Crippen LogP contribution in [0.4, 0.5) is 18.9 Å². The molecule has 0 aliphatic carbocycles. The maximum Gasteiger partial charge on any atom is 0.283 e. The normalized spacial score (nSPS) is 11.2. The maximum atomic E-state index is 13.9. The Labute approximate surface area is 126 Å². The summed E-state index contributed by atoms with van der Waals surface area (Å²) in [6, 6.07) is 1.47. The number of carbonyl (C=O) groups excluding carboxylic acids is 2. The summed E-state index contributed by atoms with van der Waals surface area (Å²) >= 11 is 0. The average Bonchev–Trinajstić information content (AvgIpc) is 2.36. The van der Waals surface area contributed by atoms with Gasteiger partial charge in [-0.2, -0.15) is 0 Å². The molecule has 0 fully saturated rings. The van der Waals surface area contributed by atoms with E-state index in [1.165, 1.54) is 7.05 Å². The van der Waals surface area contributed by atoms with Crippen molar-refractivity contribution < 1.29 is 27.6 Å². The van der Waals surface area contributed by atoms with Crippen LogP contribution in [0.25, 0.3) is 0 Å². The Morgan fingerprint density at radius 2 is 1.77 bits per heavy atom. The van der Waals surface area contributed by atoms with Gasteiger partial charge >= 0.3 is 0 Å². The van der Waals surface area contributed by atoms with Crippen molar-refractivity contribution in [3.63, 3.8) is 0 Å². The van der Waals surface area contributed by atoms with Crippen molar-refractivity contribution in [2.75, 3.05) is 19.0 Å². The quantitative estimate of drug-likeness (QED) is 0.849. The molecule has 0 aliphatic heterocycles. The van der Waals surface area contributed by atoms with Gasteiger partial charge in [0.15, 0.2) is 5.67 Å². The fourth-order valence-electron chi connectivity index (χ4n) is 1.54. The molecule has 0 saturated carbocycles. The fraction of sp³-hybridized carbons (Fsp3) is 0.429. The third kappa shape index (κ3) is 4.20. The second-order valence-electron chi connectivity index (χ2n) is 4.96. The van der Waals surface area contributed by atoms with E-state index in [0.717, 1.165) is 26.0 Å². The van der Waals surface area contributed by atoms with Gasteiger partial charge in [0.25, 0.3) is 11.8 Å². The molecule has 5 nitrogen and oxygen atoms in total. The summed E-state index contributed by atoms with van der Waals surface area (Å²) < 4.78 is 41.2. The number of hydroxylamine groups is 2. The van der Waals surface area contributed by atoms with Gasteiger partial charge in [-0.3, -0.25) is 14.4 Å². The van der Waals surface area contributed by atoms with E-state index in [4.69, 9.17) is 4.84 Å². The number of anilines is 1. The van der Waals surface area contributed by atoms with Crippen molar-refractivity contribution in [3.8, 4) is 0 Å². The summed E-state index contributed by atoms with van der Waals surface area (Å²) in [6.07, 6.45) is 0. The van der Waals surface area contributed by atoms with Crippen molar-refractivity contribution in [3.05, 3.63) is 29.3 Å². The Hall–Kier alpha value is -2.09. The van der Waals surface area contributed by atoms with Crippen LogP contribution in [0.5, 0.6) is 0 Å². The number of nitrogens with one attached hydrogen (secondary N) is 1. The molecule has 22 heavy (non-hydrogen) atoms. The van der Waals surface area contributed by atoms with E-state index >= 15 is 0 Å². The van der Waals surface area contributed by atoms with Crippen molar-refractivity contribution in [1.29, 1.82) is 0 Å². The Kier molecular flexibility index (Phi) is 5.54. The SMILES string of the molecule is CCON(C)C(=O)c1c(F)cc(NC(=O)C(C)(C)F)cc1F. The second kappa shape index (κ2) is 6.78. The summed E-state index contributed by atoms with van der Waals surface area (Å²) in [6.45, 7) is 3.76. The van der Waals surface area contributed by atoms with Gasteiger partial charge in [0.05, 0.1) is 6.61 Å². The molecule has 1 N–H and O–H groups in total. The average molecular weight is 318 g/mol. The van der Waals surface area contributed by atoms with E-state index in [-0.39, 0.29) is 12.3 Å². The number of halogens is 3. The van der Waals surface area contributed by atoms with E-state index in [2.05, 4.69) is 0 Å². The number of amides is 2. The van der Waals surface area contributed by atoms with Gasteiger partial charge < -0.3 is 5.32 Å².